The fourth-order valence-electron chi connectivity index (χ4n) is 1.92. The minimum Gasteiger partial charge on any atom is -0.478 e. The molecule has 0 amide bonds. The van der Waals surface area contributed by atoms with Crippen molar-refractivity contribution in [3.8, 4) is 17.2 Å². The van der Waals surface area contributed by atoms with E-state index in [0.29, 0.717) is 10.6 Å². The zero-order valence-electron chi connectivity index (χ0n) is 12.0. The van der Waals surface area contributed by atoms with E-state index in [9.17, 15) is 14.5 Å². The maximum Gasteiger partial charge on any atom is 0.311 e. The lowest BCUT2D eigenvalue weighted by Gasteiger charge is -2.04. The van der Waals surface area contributed by atoms with Gasteiger partial charge >= 0.3 is 5.69 Å². The molecule has 0 radical (unpaired) electrons. The van der Waals surface area contributed by atoms with Gasteiger partial charge in [0, 0.05) is 22.7 Å². The number of nitro benzene ring substituents is 1. The van der Waals surface area contributed by atoms with Crippen molar-refractivity contribution < 1.29 is 18.6 Å². The molecule has 0 aliphatic carbocycles. The van der Waals surface area contributed by atoms with E-state index >= 15 is 0 Å². The molecule has 2 aromatic carbocycles. The fourth-order valence-corrected chi connectivity index (χ4v) is 2.05. The number of aromatic nitrogens is 2. The molecule has 0 aliphatic heterocycles. The summed E-state index contributed by atoms with van der Waals surface area (Å²) in [6.07, 6.45) is 0. The molecule has 1 aromatic heterocycles. The molecule has 0 saturated heterocycles. The van der Waals surface area contributed by atoms with Crippen LogP contribution in [-0.2, 0) is 6.61 Å². The molecule has 0 saturated carbocycles. The van der Waals surface area contributed by atoms with Gasteiger partial charge in [-0.05, 0) is 30.3 Å². The smallest absolute Gasteiger partial charge is 0.311 e. The van der Waals surface area contributed by atoms with Crippen molar-refractivity contribution in [2.75, 3.05) is 0 Å². The minimum absolute atomic E-state index is 0.165. The number of hydrogen-bond acceptors (Lipinski definition) is 6. The van der Waals surface area contributed by atoms with Gasteiger partial charge < -0.3 is 9.26 Å². The Labute approximate surface area is 139 Å². The first kappa shape index (κ1) is 15.9. The topological polar surface area (TPSA) is 91.3 Å². The van der Waals surface area contributed by atoms with Crippen molar-refractivity contribution in [3.05, 3.63) is 69.2 Å². The number of rotatable bonds is 5. The zero-order chi connectivity index (χ0) is 17.1. The maximum absolute atomic E-state index is 13.2. The highest BCUT2D eigenvalue weighted by Crippen LogP contribution is 2.28. The van der Waals surface area contributed by atoms with Crippen LogP contribution in [-0.4, -0.2) is 15.1 Å². The number of halogens is 2. The Hall–Kier alpha value is -3.00. The highest BCUT2D eigenvalue weighted by molar-refractivity contribution is 6.30. The Morgan fingerprint density at radius 3 is 2.71 bits per heavy atom. The number of nitro groups is 1. The first-order valence-corrected chi connectivity index (χ1v) is 7.06. The van der Waals surface area contributed by atoms with E-state index in [1.807, 2.05) is 0 Å². The lowest BCUT2D eigenvalue weighted by Crippen LogP contribution is -2.01. The van der Waals surface area contributed by atoms with Crippen LogP contribution in [0.5, 0.6) is 5.75 Å². The van der Waals surface area contributed by atoms with Gasteiger partial charge in [-0.2, -0.15) is 4.98 Å². The van der Waals surface area contributed by atoms with Crippen LogP contribution in [0, 0.1) is 15.9 Å². The number of hydrogen-bond donors (Lipinski definition) is 0. The van der Waals surface area contributed by atoms with E-state index in [-0.39, 0.29) is 29.8 Å². The van der Waals surface area contributed by atoms with Crippen molar-refractivity contribution in [2.45, 2.75) is 6.61 Å². The van der Waals surface area contributed by atoms with Crippen LogP contribution in [0.4, 0.5) is 10.1 Å². The predicted octanol–water partition coefficient (Wildman–Crippen LogP) is 4.02. The van der Waals surface area contributed by atoms with Gasteiger partial charge in [0.25, 0.3) is 5.89 Å². The molecule has 3 rings (SSSR count). The minimum atomic E-state index is -0.663. The van der Waals surface area contributed by atoms with Crippen LogP contribution in [0.25, 0.3) is 11.5 Å². The van der Waals surface area contributed by atoms with Gasteiger partial charge in [0.2, 0.25) is 5.82 Å². The zero-order valence-corrected chi connectivity index (χ0v) is 12.7. The van der Waals surface area contributed by atoms with E-state index in [0.717, 1.165) is 18.2 Å². The molecule has 1 heterocycles. The van der Waals surface area contributed by atoms with Crippen LogP contribution in [0.3, 0.4) is 0 Å². The molecule has 122 valence electrons. The highest BCUT2D eigenvalue weighted by atomic mass is 35.5. The quantitative estimate of drug-likeness (QED) is 0.510. The lowest BCUT2D eigenvalue weighted by atomic mass is 10.2. The number of ether oxygens (including phenoxy) is 1. The molecule has 0 atom stereocenters. The standard InChI is InChI=1S/C15H9ClFN3O4/c16-10-3-1-9(2-4-10)15-18-14(19-24-15)8-23-13-7-11(17)5-6-12(13)20(21)22/h1-7H,8H2. The molecular formula is C15H9ClFN3O4. The van der Waals surface area contributed by atoms with Crippen molar-refractivity contribution in [1.82, 2.24) is 10.1 Å². The third-order valence-corrected chi connectivity index (χ3v) is 3.29. The summed E-state index contributed by atoms with van der Waals surface area (Å²) in [5.41, 5.74) is 0.313. The molecule has 0 N–H and O–H groups in total. The van der Waals surface area contributed by atoms with Crippen LogP contribution >= 0.6 is 11.6 Å². The Balaban J connectivity index is 1.75. The summed E-state index contributed by atoms with van der Waals surface area (Å²) in [4.78, 5) is 14.4. The largest absolute Gasteiger partial charge is 0.478 e. The Bertz CT molecular complexity index is 883. The van der Waals surface area contributed by atoms with Crippen molar-refractivity contribution in [1.29, 1.82) is 0 Å². The fraction of sp³-hybridized carbons (Fsp3) is 0.0667. The summed E-state index contributed by atoms with van der Waals surface area (Å²) in [6, 6.07) is 9.70. The average molecular weight is 350 g/mol. The normalized spacial score (nSPS) is 10.6. The van der Waals surface area contributed by atoms with Crippen LogP contribution < -0.4 is 4.74 Å². The summed E-state index contributed by atoms with van der Waals surface area (Å²) < 4.78 is 23.6. The Morgan fingerprint density at radius 1 is 1.25 bits per heavy atom. The van der Waals surface area contributed by atoms with Gasteiger partial charge in [-0.25, -0.2) is 4.39 Å². The molecule has 0 fully saturated rings. The Morgan fingerprint density at radius 2 is 2.00 bits per heavy atom. The van der Waals surface area contributed by atoms with E-state index in [4.69, 9.17) is 20.9 Å². The second-order valence-corrected chi connectivity index (χ2v) is 5.12. The van der Waals surface area contributed by atoms with Gasteiger partial charge in [0.1, 0.15) is 5.82 Å². The van der Waals surface area contributed by atoms with E-state index in [1.54, 1.807) is 24.3 Å². The molecule has 0 unspecified atom stereocenters. The van der Waals surface area contributed by atoms with Crippen LogP contribution in [0.1, 0.15) is 5.82 Å². The summed E-state index contributed by atoms with van der Waals surface area (Å²) in [5, 5.41) is 15.2. The number of nitrogens with zero attached hydrogens (tertiary/aromatic N) is 3. The molecule has 7 nitrogen and oxygen atoms in total. The molecule has 0 aliphatic rings. The number of benzene rings is 2. The molecule has 0 bridgehead atoms. The Kier molecular flexibility index (Phi) is 4.39. The SMILES string of the molecule is O=[N+]([O-])c1ccc(F)cc1OCc1noc(-c2ccc(Cl)cc2)n1. The molecule has 24 heavy (non-hydrogen) atoms. The van der Waals surface area contributed by atoms with Gasteiger partial charge in [-0.1, -0.05) is 16.8 Å². The monoisotopic (exact) mass is 349 g/mol. The van der Waals surface area contributed by atoms with Crippen molar-refractivity contribution >= 4 is 17.3 Å². The van der Waals surface area contributed by atoms with E-state index in [1.165, 1.54) is 0 Å². The third kappa shape index (κ3) is 3.49. The lowest BCUT2D eigenvalue weighted by molar-refractivity contribution is -0.386. The second kappa shape index (κ2) is 6.63. The first-order chi connectivity index (χ1) is 11.5. The molecule has 9 heteroatoms. The second-order valence-electron chi connectivity index (χ2n) is 4.68. The van der Waals surface area contributed by atoms with Gasteiger partial charge in [0.05, 0.1) is 4.92 Å². The van der Waals surface area contributed by atoms with Gasteiger partial charge in [-0.3, -0.25) is 10.1 Å². The first-order valence-electron chi connectivity index (χ1n) is 6.68. The van der Waals surface area contributed by atoms with Gasteiger partial charge in [0.15, 0.2) is 12.4 Å². The van der Waals surface area contributed by atoms with E-state index in [2.05, 4.69) is 10.1 Å². The summed E-state index contributed by atoms with van der Waals surface area (Å²) in [7, 11) is 0. The third-order valence-electron chi connectivity index (χ3n) is 3.03. The highest BCUT2D eigenvalue weighted by Gasteiger charge is 2.17. The van der Waals surface area contributed by atoms with Crippen LogP contribution in [0.15, 0.2) is 47.0 Å². The van der Waals surface area contributed by atoms with Crippen LogP contribution in [0.2, 0.25) is 5.02 Å². The molecular weight excluding hydrogens is 341 g/mol. The van der Waals surface area contributed by atoms with E-state index < -0.39 is 10.7 Å². The summed E-state index contributed by atoms with van der Waals surface area (Å²) in [5.74, 6) is -0.444. The summed E-state index contributed by atoms with van der Waals surface area (Å²) >= 11 is 5.80. The predicted molar refractivity (Wildman–Crippen MR) is 82.1 cm³/mol. The average Bonchev–Trinajstić information content (AvgIpc) is 3.02. The van der Waals surface area contributed by atoms with Crippen molar-refractivity contribution in [3.63, 3.8) is 0 Å². The molecule has 3 aromatic rings. The van der Waals surface area contributed by atoms with Crippen molar-refractivity contribution in [2.24, 2.45) is 0 Å². The maximum atomic E-state index is 13.2. The molecule has 0 spiro atoms. The van der Waals surface area contributed by atoms with Gasteiger partial charge in [-0.15, -0.1) is 0 Å². The summed E-state index contributed by atoms with van der Waals surface area (Å²) in [6.45, 7) is -0.207.